The number of likely N-dealkylation sites (tertiary alicyclic amines) is 1. The SMILES string of the molecule is O=C1C(=O)N(CC[NH+]2CCOCC2)C(c2ccco2)C1C(=O)c1ccco1. The largest absolute Gasteiger partial charge is 0.467 e. The zero-order valence-electron chi connectivity index (χ0n) is 14.8. The second-order valence-electron chi connectivity index (χ2n) is 6.75. The normalized spacial score (nSPS) is 23.9. The zero-order valence-corrected chi connectivity index (χ0v) is 14.8. The van der Waals surface area contributed by atoms with Crippen LogP contribution in [0.4, 0.5) is 0 Å². The van der Waals surface area contributed by atoms with Crippen molar-refractivity contribution < 1.29 is 32.9 Å². The van der Waals surface area contributed by atoms with E-state index in [1.807, 2.05) is 0 Å². The average Bonchev–Trinajstić information content (AvgIpc) is 3.43. The van der Waals surface area contributed by atoms with Crippen LogP contribution in [0, 0.1) is 5.92 Å². The number of carbonyl (C=O) groups excluding carboxylic acids is 3. The third-order valence-electron chi connectivity index (χ3n) is 5.19. The van der Waals surface area contributed by atoms with E-state index in [9.17, 15) is 14.4 Å². The number of Topliss-reactive ketones (excluding diaryl/α,β-unsaturated/α-hetero) is 2. The molecular weight excluding hydrogens is 352 g/mol. The first-order valence-corrected chi connectivity index (χ1v) is 9.04. The molecule has 0 radical (unpaired) electrons. The van der Waals surface area contributed by atoms with E-state index in [1.165, 1.54) is 28.4 Å². The van der Waals surface area contributed by atoms with E-state index in [0.29, 0.717) is 32.1 Å². The molecule has 2 atom stereocenters. The van der Waals surface area contributed by atoms with Crippen LogP contribution >= 0.6 is 0 Å². The highest BCUT2D eigenvalue weighted by atomic mass is 16.5. The van der Waals surface area contributed by atoms with Crippen LogP contribution in [0.1, 0.15) is 22.4 Å². The van der Waals surface area contributed by atoms with E-state index in [1.54, 1.807) is 18.2 Å². The topological polar surface area (TPSA) is 94.4 Å². The van der Waals surface area contributed by atoms with E-state index in [2.05, 4.69) is 0 Å². The van der Waals surface area contributed by atoms with E-state index in [0.717, 1.165) is 13.1 Å². The summed E-state index contributed by atoms with van der Waals surface area (Å²) in [5.41, 5.74) is 0. The zero-order chi connectivity index (χ0) is 18.8. The number of furan rings is 2. The van der Waals surface area contributed by atoms with Crippen molar-refractivity contribution in [2.24, 2.45) is 5.92 Å². The Kier molecular flexibility index (Phi) is 4.91. The number of nitrogens with one attached hydrogen (secondary N) is 1. The van der Waals surface area contributed by atoms with Crippen LogP contribution < -0.4 is 4.90 Å². The minimum Gasteiger partial charge on any atom is -0.467 e. The van der Waals surface area contributed by atoms with Crippen molar-refractivity contribution in [3.05, 3.63) is 48.3 Å². The molecule has 2 fully saturated rings. The quantitative estimate of drug-likeness (QED) is 0.426. The Bertz CT molecular complexity index is 807. The Balaban J connectivity index is 1.60. The first-order chi connectivity index (χ1) is 13.2. The standard InChI is InChI=1S/C19H20N2O6/c22-17(14-4-2-10-27-14)15-16(13-3-1-9-26-13)21(19(24)18(15)23)6-5-20-7-11-25-12-8-20/h1-4,9-10,15-16H,5-8,11-12H2/p+1. The smallest absolute Gasteiger partial charge is 0.291 e. The summed E-state index contributed by atoms with van der Waals surface area (Å²) in [6.07, 6.45) is 2.85. The molecule has 0 aromatic carbocycles. The monoisotopic (exact) mass is 373 g/mol. The summed E-state index contributed by atoms with van der Waals surface area (Å²) in [6.45, 7) is 4.13. The molecule has 8 nitrogen and oxygen atoms in total. The van der Waals surface area contributed by atoms with Gasteiger partial charge in [-0.05, 0) is 24.3 Å². The summed E-state index contributed by atoms with van der Waals surface area (Å²) in [4.78, 5) is 41.0. The van der Waals surface area contributed by atoms with Gasteiger partial charge in [-0.3, -0.25) is 14.4 Å². The molecule has 4 heterocycles. The average molecular weight is 373 g/mol. The highest BCUT2D eigenvalue weighted by Crippen LogP contribution is 2.38. The predicted octanol–water partition coefficient (Wildman–Crippen LogP) is -0.261. The van der Waals surface area contributed by atoms with Crippen molar-refractivity contribution >= 4 is 17.5 Å². The molecule has 2 aromatic heterocycles. The molecule has 2 aromatic rings. The van der Waals surface area contributed by atoms with E-state index in [-0.39, 0.29) is 5.76 Å². The molecule has 8 heteroatoms. The van der Waals surface area contributed by atoms with Gasteiger partial charge in [-0.15, -0.1) is 0 Å². The lowest BCUT2D eigenvalue weighted by Crippen LogP contribution is -3.14. The van der Waals surface area contributed by atoms with Gasteiger partial charge in [-0.2, -0.15) is 0 Å². The number of quaternary nitrogens is 1. The molecule has 142 valence electrons. The number of ketones is 2. The van der Waals surface area contributed by atoms with Crippen LogP contribution in [0.3, 0.4) is 0 Å². The Hall–Kier alpha value is -2.71. The molecule has 2 aliphatic rings. The van der Waals surface area contributed by atoms with Gasteiger partial charge in [-0.1, -0.05) is 0 Å². The van der Waals surface area contributed by atoms with Crippen molar-refractivity contribution in [1.29, 1.82) is 0 Å². The summed E-state index contributed by atoms with van der Waals surface area (Å²) in [6, 6.07) is 5.70. The van der Waals surface area contributed by atoms with Crippen LogP contribution in [-0.4, -0.2) is 61.8 Å². The van der Waals surface area contributed by atoms with Gasteiger partial charge in [0.15, 0.2) is 5.76 Å². The summed E-state index contributed by atoms with van der Waals surface area (Å²) in [7, 11) is 0. The summed E-state index contributed by atoms with van der Waals surface area (Å²) in [5.74, 6) is -2.52. The highest BCUT2D eigenvalue weighted by Gasteiger charge is 2.53. The number of amides is 1. The van der Waals surface area contributed by atoms with Crippen molar-refractivity contribution in [2.75, 3.05) is 39.4 Å². The van der Waals surface area contributed by atoms with Gasteiger partial charge < -0.3 is 23.4 Å². The maximum absolute atomic E-state index is 12.9. The molecule has 1 N–H and O–H groups in total. The van der Waals surface area contributed by atoms with Gasteiger partial charge in [0.1, 0.15) is 30.8 Å². The first-order valence-electron chi connectivity index (χ1n) is 9.04. The molecular formula is C19H21N2O6+. The second-order valence-corrected chi connectivity index (χ2v) is 6.75. The Morgan fingerprint density at radius 3 is 2.52 bits per heavy atom. The number of nitrogens with zero attached hydrogens (tertiary/aromatic N) is 1. The minimum atomic E-state index is -1.16. The van der Waals surface area contributed by atoms with Crippen LogP contribution in [0.25, 0.3) is 0 Å². The molecule has 0 bridgehead atoms. The second kappa shape index (κ2) is 7.50. The number of ether oxygens (including phenoxy) is 1. The minimum absolute atomic E-state index is 0.0679. The number of carbonyl (C=O) groups is 3. The molecule has 0 spiro atoms. The summed E-state index contributed by atoms with van der Waals surface area (Å²) < 4.78 is 16.0. The Morgan fingerprint density at radius 1 is 1.11 bits per heavy atom. The maximum atomic E-state index is 12.9. The van der Waals surface area contributed by atoms with Gasteiger partial charge in [0.25, 0.3) is 5.91 Å². The van der Waals surface area contributed by atoms with Gasteiger partial charge >= 0.3 is 0 Å². The third kappa shape index (κ3) is 3.33. The van der Waals surface area contributed by atoms with Crippen molar-refractivity contribution in [3.8, 4) is 0 Å². The first kappa shape index (κ1) is 17.7. The van der Waals surface area contributed by atoms with Crippen LogP contribution in [0.2, 0.25) is 0 Å². The van der Waals surface area contributed by atoms with Gasteiger partial charge in [0.05, 0.1) is 38.8 Å². The van der Waals surface area contributed by atoms with E-state index < -0.39 is 29.4 Å². The molecule has 2 saturated heterocycles. The fourth-order valence-corrected chi connectivity index (χ4v) is 3.77. The fraction of sp³-hybridized carbons (Fsp3) is 0.421. The molecule has 2 aliphatic heterocycles. The molecule has 0 aliphatic carbocycles. The van der Waals surface area contributed by atoms with Crippen molar-refractivity contribution in [2.45, 2.75) is 6.04 Å². The molecule has 1 amide bonds. The predicted molar refractivity (Wildman–Crippen MR) is 91.1 cm³/mol. The lowest BCUT2D eigenvalue weighted by molar-refractivity contribution is -0.907. The molecule has 4 rings (SSSR count). The maximum Gasteiger partial charge on any atom is 0.291 e. The van der Waals surface area contributed by atoms with Crippen LogP contribution in [0.5, 0.6) is 0 Å². The van der Waals surface area contributed by atoms with Crippen LogP contribution in [0.15, 0.2) is 45.6 Å². The van der Waals surface area contributed by atoms with Crippen molar-refractivity contribution in [3.63, 3.8) is 0 Å². The van der Waals surface area contributed by atoms with Gasteiger partial charge in [0, 0.05) is 0 Å². The molecule has 2 unspecified atom stereocenters. The summed E-state index contributed by atoms with van der Waals surface area (Å²) >= 11 is 0. The lowest BCUT2D eigenvalue weighted by Gasteiger charge is -2.28. The lowest BCUT2D eigenvalue weighted by atomic mass is 9.91. The highest BCUT2D eigenvalue weighted by molar-refractivity contribution is 6.43. The Labute approximate surface area is 155 Å². The van der Waals surface area contributed by atoms with Gasteiger partial charge in [0.2, 0.25) is 11.6 Å². The molecule has 27 heavy (non-hydrogen) atoms. The number of morpholine rings is 1. The number of rotatable bonds is 6. The number of hydrogen-bond acceptors (Lipinski definition) is 6. The van der Waals surface area contributed by atoms with Gasteiger partial charge in [-0.25, -0.2) is 0 Å². The van der Waals surface area contributed by atoms with E-state index in [4.69, 9.17) is 13.6 Å². The molecule has 0 saturated carbocycles. The Morgan fingerprint density at radius 2 is 1.85 bits per heavy atom. The number of hydrogen-bond donors (Lipinski definition) is 1. The fourth-order valence-electron chi connectivity index (χ4n) is 3.77. The third-order valence-corrected chi connectivity index (χ3v) is 5.19. The summed E-state index contributed by atoms with van der Waals surface area (Å²) in [5, 5.41) is 0. The van der Waals surface area contributed by atoms with E-state index >= 15 is 0 Å². The van der Waals surface area contributed by atoms with Crippen LogP contribution in [-0.2, 0) is 14.3 Å². The van der Waals surface area contributed by atoms with Crippen molar-refractivity contribution in [1.82, 2.24) is 4.90 Å².